The van der Waals surface area contributed by atoms with Crippen molar-refractivity contribution in [3.63, 3.8) is 0 Å². The van der Waals surface area contributed by atoms with E-state index in [0.717, 1.165) is 19.4 Å². The van der Waals surface area contributed by atoms with E-state index in [1.807, 2.05) is 22.9 Å². The molecule has 0 amide bonds. The van der Waals surface area contributed by atoms with Gasteiger partial charge in [-0.3, -0.25) is 0 Å². The lowest BCUT2D eigenvalue weighted by molar-refractivity contribution is 0.164. The maximum Gasteiger partial charge on any atom is 0.162 e. The number of aryl methyl sites for hydroxylation is 2. The number of imidazole rings is 1. The summed E-state index contributed by atoms with van der Waals surface area (Å²) in [6, 6.07) is 14.1. The minimum absolute atomic E-state index is 0.0134. The first-order valence-corrected chi connectivity index (χ1v) is 9.03. The molecule has 0 aliphatic rings. The largest absolute Gasteiger partial charge is 0.493 e. The third-order valence-corrected chi connectivity index (χ3v) is 4.50. The number of rotatable bonds is 8. The molecule has 3 rings (SSSR count). The highest BCUT2D eigenvalue weighted by atomic mass is 35.5. The predicted molar refractivity (Wildman–Crippen MR) is 104 cm³/mol. The molecule has 0 saturated carbocycles. The Morgan fingerprint density at radius 2 is 1.92 bits per heavy atom. The molecule has 0 aliphatic carbocycles. The van der Waals surface area contributed by atoms with E-state index < -0.39 is 0 Å². The first kappa shape index (κ1) is 18.3. The number of hydrogen-bond donors (Lipinski definition) is 0. The highest BCUT2D eigenvalue weighted by Gasteiger charge is 2.15. The average molecular weight is 371 g/mol. The van der Waals surface area contributed by atoms with E-state index in [1.54, 1.807) is 25.7 Å². The number of benzene rings is 2. The summed E-state index contributed by atoms with van der Waals surface area (Å²) in [6.45, 7) is 2.82. The zero-order valence-electron chi connectivity index (χ0n) is 15.1. The molecule has 0 aliphatic heterocycles. The van der Waals surface area contributed by atoms with E-state index in [0.29, 0.717) is 16.5 Å². The smallest absolute Gasteiger partial charge is 0.162 e. The molecular weight excluding hydrogens is 348 g/mol. The van der Waals surface area contributed by atoms with Crippen LogP contribution in [-0.2, 0) is 13.0 Å². The Kier molecular flexibility index (Phi) is 6.18. The van der Waals surface area contributed by atoms with Crippen molar-refractivity contribution >= 4 is 11.6 Å². The van der Waals surface area contributed by atoms with Gasteiger partial charge in [-0.2, -0.15) is 0 Å². The lowest BCUT2D eigenvalue weighted by Gasteiger charge is -2.21. The van der Waals surface area contributed by atoms with Crippen molar-refractivity contribution < 1.29 is 9.47 Å². The minimum atomic E-state index is -0.0134. The number of methoxy groups -OCH3 is 1. The van der Waals surface area contributed by atoms with E-state index in [-0.39, 0.29) is 6.10 Å². The van der Waals surface area contributed by atoms with Gasteiger partial charge in [-0.25, -0.2) is 4.98 Å². The van der Waals surface area contributed by atoms with Gasteiger partial charge in [0.1, 0.15) is 6.10 Å². The molecular formula is C21H23ClN2O2. The molecule has 1 aromatic heterocycles. The van der Waals surface area contributed by atoms with Crippen molar-refractivity contribution in [1.82, 2.24) is 9.55 Å². The third kappa shape index (κ3) is 5.02. The van der Waals surface area contributed by atoms with Crippen LogP contribution in [0.25, 0.3) is 0 Å². The van der Waals surface area contributed by atoms with Gasteiger partial charge in [0.2, 0.25) is 0 Å². The van der Waals surface area contributed by atoms with Crippen molar-refractivity contribution in [1.29, 1.82) is 0 Å². The Bertz CT molecular complexity index is 817. The SMILES string of the molecule is COc1cc(Cl)ccc1OC(CCc1ccc(C)cc1)Cn1ccnc1. The van der Waals surface area contributed by atoms with Gasteiger partial charge in [-0.05, 0) is 37.5 Å². The molecule has 0 radical (unpaired) electrons. The van der Waals surface area contributed by atoms with E-state index >= 15 is 0 Å². The number of nitrogens with zero attached hydrogens (tertiary/aromatic N) is 2. The van der Waals surface area contributed by atoms with Gasteiger partial charge in [-0.15, -0.1) is 0 Å². The number of ether oxygens (including phenoxy) is 2. The second-order valence-corrected chi connectivity index (χ2v) is 6.76. The summed E-state index contributed by atoms with van der Waals surface area (Å²) >= 11 is 6.05. The summed E-state index contributed by atoms with van der Waals surface area (Å²) < 4.78 is 13.7. The monoisotopic (exact) mass is 370 g/mol. The molecule has 26 heavy (non-hydrogen) atoms. The first-order chi connectivity index (χ1) is 12.6. The van der Waals surface area contributed by atoms with Crippen LogP contribution in [0.15, 0.2) is 61.2 Å². The summed E-state index contributed by atoms with van der Waals surface area (Å²) in [7, 11) is 1.62. The number of halogens is 1. The van der Waals surface area contributed by atoms with Crippen LogP contribution in [0.5, 0.6) is 11.5 Å². The van der Waals surface area contributed by atoms with Gasteiger partial charge >= 0.3 is 0 Å². The maximum atomic E-state index is 6.28. The van der Waals surface area contributed by atoms with Crippen LogP contribution >= 0.6 is 11.6 Å². The quantitative estimate of drug-likeness (QED) is 0.563. The number of aromatic nitrogens is 2. The van der Waals surface area contributed by atoms with E-state index in [9.17, 15) is 0 Å². The molecule has 5 heteroatoms. The van der Waals surface area contributed by atoms with Crippen LogP contribution in [0, 0.1) is 6.92 Å². The van der Waals surface area contributed by atoms with Gasteiger partial charge in [-0.1, -0.05) is 41.4 Å². The highest BCUT2D eigenvalue weighted by Crippen LogP contribution is 2.31. The standard InChI is InChI=1S/C21H23ClN2O2/c1-16-3-5-17(6-4-16)7-9-19(14-24-12-11-23-15-24)26-20-10-8-18(22)13-21(20)25-2/h3-6,8,10-13,15,19H,7,9,14H2,1-2H3. The normalized spacial score (nSPS) is 12.0. The second-order valence-electron chi connectivity index (χ2n) is 6.32. The molecule has 0 bridgehead atoms. The van der Waals surface area contributed by atoms with Gasteiger partial charge in [0.25, 0.3) is 0 Å². The highest BCUT2D eigenvalue weighted by molar-refractivity contribution is 6.30. The van der Waals surface area contributed by atoms with E-state index in [2.05, 4.69) is 36.2 Å². The molecule has 1 unspecified atom stereocenters. The zero-order valence-corrected chi connectivity index (χ0v) is 15.8. The van der Waals surface area contributed by atoms with Gasteiger partial charge < -0.3 is 14.0 Å². The van der Waals surface area contributed by atoms with E-state index in [1.165, 1.54) is 11.1 Å². The molecule has 1 atom stereocenters. The molecule has 136 valence electrons. The molecule has 0 N–H and O–H groups in total. The lowest BCUT2D eigenvalue weighted by atomic mass is 10.1. The van der Waals surface area contributed by atoms with Crippen molar-refractivity contribution in [3.8, 4) is 11.5 Å². The fourth-order valence-electron chi connectivity index (χ4n) is 2.82. The van der Waals surface area contributed by atoms with Crippen molar-refractivity contribution in [3.05, 3.63) is 77.3 Å². The van der Waals surface area contributed by atoms with Crippen LogP contribution in [0.3, 0.4) is 0 Å². The third-order valence-electron chi connectivity index (χ3n) is 4.27. The Balaban J connectivity index is 1.73. The summed E-state index contributed by atoms with van der Waals surface area (Å²) in [6.07, 6.45) is 7.34. The summed E-state index contributed by atoms with van der Waals surface area (Å²) in [5, 5.41) is 0.625. The van der Waals surface area contributed by atoms with Gasteiger partial charge in [0.05, 0.1) is 20.0 Å². The average Bonchev–Trinajstić information content (AvgIpc) is 3.15. The van der Waals surface area contributed by atoms with E-state index in [4.69, 9.17) is 21.1 Å². The van der Waals surface area contributed by atoms with Crippen LogP contribution in [-0.4, -0.2) is 22.8 Å². The van der Waals surface area contributed by atoms with Crippen LogP contribution in [0.1, 0.15) is 17.5 Å². The van der Waals surface area contributed by atoms with Gasteiger partial charge in [0.15, 0.2) is 11.5 Å². The van der Waals surface area contributed by atoms with Crippen molar-refractivity contribution in [2.75, 3.05) is 7.11 Å². The zero-order chi connectivity index (χ0) is 18.4. The van der Waals surface area contributed by atoms with Crippen molar-refractivity contribution in [2.45, 2.75) is 32.4 Å². The van der Waals surface area contributed by atoms with Gasteiger partial charge in [0, 0.05) is 23.5 Å². The fraction of sp³-hybridized carbons (Fsp3) is 0.286. The summed E-state index contributed by atoms with van der Waals surface area (Å²) in [5.74, 6) is 1.34. The second kappa shape index (κ2) is 8.77. The molecule has 3 aromatic rings. The Labute approximate surface area is 159 Å². The van der Waals surface area contributed by atoms with Crippen LogP contribution in [0.4, 0.5) is 0 Å². The number of hydrogen-bond acceptors (Lipinski definition) is 3. The predicted octanol–water partition coefficient (Wildman–Crippen LogP) is 4.93. The van der Waals surface area contributed by atoms with Crippen LogP contribution in [0.2, 0.25) is 5.02 Å². The molecule has 4 nitrogen and oxygen atoms in total. The molecule has 0 saturated heterocycles. The topological polar surface area (TPSA) is 36.3 Å². The molecule has 0 spiro atoms. The lowest BCUT2D eigenvalue weighted by Crippen LogP contribution is -2.23. The molecule has 1 heterocycles. The Morgan fingerprint density at radius 3 is 2.62 bits per heavy atom. The van der Waals surface area contributed by atoms with Crippen LogP contribution < -0.4 is 9.47 Å². The first-order valence-electron chi connectivity index (χ1n) is 8.65. The van der Waals surface area contributed by atoms with Crippen molar-refractivity contribution in [2.24, 2.45) is 0 Å². The molecule has 2 aromatic carbocycles. The Hall–Kier alpha value is -2.46. The Morgan fingerprint density at radius 1 is 1.12 bits per heavy atom. The fourth-order valence-corrected chi connectivity index (χ4v) is 2.98. The summed E-state index contributed by atoms with van der Waals surface area (Å²) in [4.78, 5) is 4.12. The maximum absolute atomic E-state index is 6.28. The molecule has 0 fully saturated rings. The minimum Gasteiger partial charge on any atom is -0.493 e. The summed E-state index contributed by atoms with van der Waals surface area (Å²) in [5.41, 5.74) is 2.57.